The zero-order valence-electron chi connectivity index (χ0n) is 23.0. The molecule has 4 atom stereocenters. The Hall–Kier alpha value is -3.14. The fourth-order valence-electron chi connectivity index (χ4n) is 6.21. The average Bonchev–Trinajstić information content (AvgIpc) is 3.29. The van der Waals surface area contributed by atoms with Crippen molar-refractivity contribution in [3.05, 3.63) is 47.0 Å². The van der Waals surface area contributed by atoms with Crippen molar-refractivity contribution < 1.29 is 23.7 Å². The quantitative estimate of drug-likeness (QED) is 0.326. The van der Waals surface area contributed by atoms with Crippen LogP contribution >= 0.6 is 11.6 Å². The largest absolute Gasteiger partial charge is 0.493 e. The van der Waals surface area contributed by atoms with E-state index in [4.69, 9.17) is 30.5 Å². The van der Waals surface area contributed by atoms with Gasteiger partial charge in [0.15, 0.2) is 11.5 Å². The van der Waals surface area contributed by atoms with E-state index >= 15 is 0 Å². The second kappa shape index (κ2) is 11.8. The van der Waals surface area contributed by atoms with Crippen LogP contribution in [0.4, 0.5) is 16.2 Å². The van der Waals surface area contributed by atoms with Gasteiger partial charge >= 0.3 is 6.03 Å². The normalized spacial score (nSPS) is 24.2. The number of fused-ring (bicyclic) bond motifs is 5. The van der Waals surface area contributed by atoms with Gasteiger partial charge in [-0.25, -0.2) is 4.79 Å². The number of carbonyl (C=O) groups excluding carboxylic acids is 1. The summed E-state index contributed by atoms with van der Waals surface area (Å²) < 4.78 is 23.8. The molecule has 40 heavy (non-hydrogen) atoms. The van der Waals surface area contributed by atoms with Crippen LogP contribution in [0, 0.1) is 17.8 Å². The molecule has 0 spiro atoms. The SMILES string of the molecule is CCCNC(=O)Nc1ccc(OC2=CCNc3cc(OCCCN4CC5C6COC6C5C4)c(OC)cc32)cc1Cl. The Bertz CT molecular complexity index is 1270. The number of carbonyl (C=O) groups is 1. The van der Waals surface area contributed by atoms with Crippen LogP contribution < -0.4 is 30.2 Å². The predicted molar refractivity (Wildman–Crippen MR) is 156 cm³/mol. The number of anilines is 2. The number of likely N-dealkylation sites (tertiary alicyclic amines) is 1. The van der Waals surface area contributed by atoms with Crippen molar-refractivity contribution in [3.63, 3.8) is 0 Å². The summed E-state index contributed by atoms with van der Waals surface area (Å²) in [6.07, 6.45) is 4.33. The molecule has 1 saturated carbocycles. The molecule has 6 rings (SSSR count). The molecule has 3 aliphatic heterocycles. The van der Waals surface area contributed by atoms with Crippen molar-refractivity contribution in [1.29, 1.82) is 0 Å². The summed E-state index contributed by atoms with van der Waals surface area (Å²) in [7, 11) is 1.65. The van der Waals surface area contributed by atoms with Crippen molar-refractivity contribution in [2.45, 2.75) is 25.9 Å². The third-order valence-corrected chi connectivity index (χ3v) is 8.65. The van der Waals surface area contributed by atoms with Crippen molar-refractivity contribution in [1.82, 2.24) is 10.2 Å². The van der Waals surface area contributed by atoms with Crippen LogP contribution in [0.25, 0.3) is 5.76 Å². The van der Waals surface area contributed by atoms with Crippen LogP contribution in [0.2, 0.25) is 5.02 Å². The number of rotatable bonds is 11. The first-order valence-electron chi connectivity index (χ1n) is 14.2. The van der Waals surface area contributed by atoms with E-state index in [2.05, 4.69) is 20.9 Å². The van der Waals surface area contributed by atoms with Crippen LogP contribution in [0.1, 0.15) is 25.3 Å². The second-order valence-electron chi connectivity index (χ2n) is 10.9. The fourth-order valence-corrected chi connectivity index (χ4v) is 6.43. The molecule has 0 radical (unpaired) electrons. The Balaban J connectivity index is 1.05. The van der Waals surface area contributed by atoms with Crippen LogP contribution in [0.3, 0.4) is 0 Å². The molecule has 2 aromatic rings. The molecule has 0 bridgehead atoms. The van der Waals surface area contributed by atoms with Gasteiger partial charge in [0.1, 0.15) is 11.5 Å². The Morgan fingerprint density at radius 3 is 2.80 bits per heavy atom. The number of nitrogens with zero attached hydrogens (tertiary/aromatic N) is 1. The summed E-state index contributed by atoms with van der Waals surface area (Å²) in [6.45, 7) is 8.20. The lowest BCUT2D eigenvalue weighted by Crippen LogP contribution is -2.61. The van der Waals surface area contributed by atoms with E-state index in [9.17, 15) is 4.79 Å². The average molecular weight is 569 g/mol. The summed E-state index contributed by atoms with van der Waals surface area (Å²) >= 11 is 6.43. The molecule has 214 valence electrons. The molecule has 2 saturated heterocycles. The standard InChI is InChI=1S/C30H37ClN4O5/c1-3-8-33-30(36)34-24-6-5-18(12-23(24)31)40-26-7-9-32-25-14-28(27(37-2)13-19(25)26)38-11-4-10-35-15-20-21(16-35)29-22(20)17-39-29/h5-7,12-14,20-22,29,32H,3-4,8-11,15-17H2,1-2H3,(H2,33,34,36). The predicted octanol–water partition coefficient (Wildman–Crippen LogP) is 5.07. The van der Waals surface area contributed by atoms with Gasteiger partial charge in [0.2, 0.25) is 0 Å². The lowest BCUT2D eigenvalue weighted by molar-refractivity contribution is -0.237. The van der Waals surface area contributed by atoms with Gasteiger partial charge < -0.3 is 39.8 Å². The first kappa shape index (κ1) is 27.1. The first-order chi connectivity index (χ1) is 19.5. The number of amides is 2. The molecule has 3 N–H and O–H groups in total. The molecule has 2 amide bonds. The fraction of sp³-hybridized carbons (Fsp3) is 0.500. The summed E-state index contributed by atoms with van der Waals surface area (Å²) in [5.74, 6) is 5.04. The van der Waals surface area contributed by atoms with E-state index < -0.39 is 0 Å². The van der Waals surface area contributed by atoms with E-state index in [1.54, 1.807) is 25.3 Å². The lowest BCUT2D eigenvalue weighted by Gasteiger charge is -2.55. The summed E-state index contributed by atoms with van der Waals surface area (Å²) in [5, 5.41) is 9.32. The van der Waals surface area contributed by atoms with Crippen LogP contribution in [-0.2, 0) is 4.74 Å². The van der Waals surface area contributed by atoms with E-state index in [0.29, 0.717) is 59.5 Å². The summed E-state index contributed by atoms with van der Waals surface area (Å²) in [5.41, 5.74) is 2.30. The third-order valence-electron chi connectivity index (χ3n) is 8.34. The van der Waals surface area contributed by atoms with Crippen LogP contribution in [0.5, 0.6) is 17.2 Å². The number of hydrogen-bond donors (Lipinski definition) is 3. The number of urea groups is 1. The topological polar surface area (TPSA) is 93.3 Å². The Labute approximate surface area is 240 Å². The number of nitrogens with one attached hydrogen (secondary N) is 3. The van der Waals surface area contributed by atoms with Gasteiger partial charge in [-0.05, 0) is 43.0 Å². The Kier molecular flexibility index (Phi) is 7.96. The molecular formula is C30H37ClN4O5. The number of benzene rings is 2. The van der Waals surface area contributed by atoms with Gasteiger partial charge in [0.05, 0.1) is 37.1 Å². The molecule has 3 fully saturated rings. The van der Waals surface area contributed by atoms with Gasteiger partial charge in [-0.15, -0.1) is 0 Å². The highest BCUT2D eigenvalue weighted by atomic mass is 35.5. The number of ether oxygens (including phenoxy) is 4. The van der Waals surface area contributed by atoms with E-state index in [1.807, 2.05) is 25.1 Å². The summed E-state index contributed by atoms with van der Waals surface area (Å²) in [4.78, 5) is 14.6. The maximum atomic E-state index is 12.0. The van der Waals surface area contributed by atoms with Crippen LogP contribution in [-0.4, -0.2) is 70.1 Å². The highest BCUT2D eigenvalue weighted by Crippen LogP contribution is 2.53. The molecule has 4 unspecified atom stereocenters. The zero-order valence-corrected chi connectivity index (χ0v) is 23.8. The number of methoxy groups -OCH3 is 1. The van der Waals surface area contributed by atoms with Gasteiger partial charge in [0, 0.05) is 67.9 Å². The maximum Gasteiger partial charge on any atom is 0.319 e. The lowest BCUT2D eigenvalue weighted by atomic mass is 9.61. The molecule has 1 aliphatic carbocycles. The second-order valence-corrected chi connectivity index (χ2v) is 11.3. The van der Waals surface area contributed by atoms with Crippen molar-refractivity contribution in [3.8, 4) is 17.2 Å². The Morgan fingerprint density at radius 1 is 1.18 bits per heavy atom. The third kappa shape index (κ3) is 5.42. The minimum Gasteiger partial charge on any atom is -0.493 e. The molecule has 2 aromatic carbocycles. The molecule has 10 heteroatoms. The van der Waals surface area contributed by atoms with E-state index in [0.717, 1.165) is 61.5 Å². The van der Waals surface area contributed by atoms with Gasteiger partial charge in [-0.3, -0.25) is 0 Å². The molecule has 9 nitrogen and oxygen atoms in total. The highest BCUT2D eigenvalue weighted by Gasteiger charge is 2.60. The first-order valence-corrected chi connectivity index (χ1v) is 14.6. The van der Waals surface area contributed by atoms with Crippen molar-refractivity contribution in [2.75, 3.05) is 63.7 Å². The molecule has 3 heterocycles. The smallest absolute Gasteiger partial charge is 0.319 e. The van der Waals surface area contributed by atoms with Crippen molar-refractivity contribution >= 4 is 34.8 Å². The molecule has 4 aliphatic rings. The number of halogens is 1. The van der Waals surface area contributed by atoms with Crippen LogP contribution in [0.15, 0.2) is 36.4 Å². The number of hydrogen-bond acceptors (Lipinski definition) is 7. The summed E-state index contributed by atoms with van der Waals surface area (Å²) in [6, 6.07) is 8.83. The molecule has 0 aromatic heterocycles. The van der Waals surface area contributed by atoms with E-state index in [1.165, 1.54) is 6.54 Å². The minimum atomic E-state index is -0.290. The van der Waals surface area contributed by atoms with Gasteiger partial charge in [-0.1, -0.05) is 18.5 Å². The van der Waals surface area contributed by atoms with Gasteiger partial charge in [0.25, 0.3) is 0 Å². The Morgan fingerprint density at radius 2 is 2.05 bits per heavy atom. The highest BCUT2D eigenvalue weighted by molar-refractivity contribution is 6.33. The van der Waals surface area contributed by atoms with Gasteiger partial charge in [-0.2, -0.15) is 0 Å². The minimum absolute atomic E-state index is 0.290. The monoisotopic (exact) mass is 568 g/mol. The zero-order chi connectivity index (χ0) is 27.6. The van der Waals surface area contributed by atoms with Crippen molar-refractivity contribution in [2.24, 2.45) is 17.8 Å². The molecular weight excluding hydrogens is 532 g/mol. The maximum absolute atomic E-state index is 12.0. The van der Waals surface area contributed by atoms with E-state index in [-0.39, 0.29) is 6.03 Å².